The highest BCUT2D eigenvalue weighted by Gasteiger charge is 2.10. The van der Waals surface area contributed by atoms with Gasteiger partial charge in [-0.2, -0.15) is 4.98 Å². The second-order valence-corrected chi connectivity index (χ2v) is 5.64. The third kappa shape index (κ3) is 3.29. The Hall–Kier alpha value is -1.76. The van der Waals surface area contributed by atoms with Gasteiger partial charge < -0.3 is 5.32 Å². The van der Waals surface area contributed by atoms with Gasteiger partial charge in [-0.3, -0.25) is 0 Å². The van der Waals surface area contributed by atoms with Crippen molar-refractivity contribution in [3.8, 4) is 11.3 Å². The Morgan fingerprint density at radius 2 is 1.86 bits per heavy atom. The number of hydrogen-bond donors (Lipinski definition) is 1. The van der Waals surface area contributed by atoms with Crippen LogP contribution in [0.2, 0.25) is 10.3 Å². The summed E-state index contributed by atoms with van der Waals surface area (Å²) in [7, 11) is 0. The van der Waals surface area contributed by atoms with Gasteiger partial charge in [-0.15, -0.1) is 11.3 Å². The molecule has 106 valence electrons. The predicted molar refractivity (Wildman–Crippen MR) is 82.8 cm³/mol. The summed E-state index contributed by atoms with van der Waals surface area (Å²) in [6.45, 7) is 0. The molecular formula is C13H7Cl2FN4S. The molecule has 1 aromatic carbocycles. The number of aromatic nitrogens is 3. The number of anilines is 2. The monoisotopic (exact) mass is 340 g/mol. The van der Waals surface area contributed by atoms with Crippen molar-refractivity contribution in [2.45, 2.75) is 0 Å². The van der Waals surface area contributed by atoms with Crippen LogP contribution in [0.25, 0.3) is 11.3 Å². The summed E-state index contributed by atoms with van der Waals surface area (Å²) in [5, 5.41) is 5.77. The number of thiazole rings is 1. The average Bonchev–Trinajstić information content (AvgIpc) is 2.92. The van der Waals surface area contributed by atoms with E-state index in [4.69, 9.17) is 23.2 Å². The first-order valence-corrected chi connectivity index (χ1v) is 7.42. The van der Waals surface area contributed by atoms with E-state index in [0.717, 1.165) is 17.5 Å². The van der Waals surface area contributed by atoms with Crippen LogP contribution in [0.5, 0.6) is 0 Å². The maximum atomic E-state index is 13.5. The second kappa shape index (κ2) is 5.93. The van der Waals surface area contributed by atoms with Gasteiger partial charge in [0.25, 0.3) is 0 Å². The topological polar surface area (TPSA) is 50.7 Å². The summed E-state index contributed by atoms with van der Waals surface area (Å²) < 4.78 is 13.5. The van der Waals surface area contributed by atoms with Crippen molar-refractivity contribution in [3.63, 3.8) is 0 Å². The zero-order chi connectivity index (χ0) is 14.8. The van der Waals surface area contributed by atoms with Crippen molar-refractivity contribution >= 4 is 45.5 Å². The van der Waals surface area contributed by atoms with Gasteiger partial charge in [-0.1, -0.05) is 23.7 Å². The molecule has 0 bridgehead atoms. The Balaban J connectivity index is 1.85. The van der Waals surface area contributed by atoms with Gasteiger partial charge in [0.15, 0.2) is 16.8 Å². The van der Waals surface area contributed by atoms with Crippen molar-refractivity contribution < 1.29 is 4.39 Å². The minimum Gasteiger partial charge on any atom is -0.314 e. The van der Waals surface area contributed by atoms with Crippen molar-refractivity contribution in [1.82, 2.24) is 15.0 Å². The van der Waals surface area contributed by atoms with E-state index < -0.39 is 5.82 Å². The molecule has 21 heavy (non-hydrogen) atoms. The third-order valence-electron chi connectivity index (χ3n) is 2.58. The van der Waals surface area contributed by atoms with Crippen LogP contribution in [0, 0.1) is 5.82 Å². The van der Waals surface area contributed by atoms with Crippen molar-refractivity contribution in [2.75, 3.05) is 5.32 Å². The standard InChI is InChI=1S/C13H7Cl2FN4S/c14-8-3-1-7(2-4-8)10-6-21-13(18-10)20-11-9(16)5-17-12(15)19-11/h1-6H,(H,17,18,19,20). The van der Waals surface area contributed by atoms with Crippen LogP contribution in [0.4, 0.5) is 15.3 Å². The van der Waals surface area contributed by atoms with E-state index in [2.05, 4.69) is 20.3 Å². The molecule has 0 radical (unpaired) electrons. The van der Waals surface area contributed by atoms with Crippen LogP contribution in [0.15, 0.2) is 35.8 Å². The van der Waals surface area contributed by atoms with Crippen LogP contribution >= 0.6 is 34.5 Å². The molecule has 1 N–H and O–H groups in total. The fourth-order valence-electron chi connectivity index (χ4n) is 1.62. The van der Waals surface area contributed by atoms with Crippen molar-refractivity contribution in [1.29, 1.82) is 0 Å². The molecule has 0 atom stereocenters. The number of rotatable bonds is 3. The number of halogens is 3. The Labute approximate surface area is 133 Å². The lowest BCUT2D eigenvalue weighted by Gasteiger charge is -2.02. The number of nitrogens with one attached hydrogen (secondary N) is 1. The fraction of sp³-hybridized carbons (Fsp3) is 0. The normalized spacial score (nSPS) is 10.6. The van der Waals surface area contributed by atoms with Gasteiger partial charge in [-0.05, 0) is 23.7 Å². The van der Waals surface area contributed by atoms with E-state index in [-0.39, 0.29) is 11.1 Å². The van der Waals surface area contributed by atoms with Crippen LogP contribution in [-0.4, -0.2) is 15.0 Å². The quantitative estimate of drug-likeness (QED) is 0.696. The summed E-state index contributed by atoms with van der Waals surface area (Å²) >= 11 is 12.8. The molecule has 0 aliphatic rings. The van der Waals surface area contributed by atoms with E-state index in [0.29, 0.717) is 10.2 Å². The third-order valence-corrected chi connectivity index (χ3v) is 3.78. The summed E-state index contributed by atoms with van der Waals surface area (Å²) in [6.07, 6.45) is 1.01. The first-order chi connectivity index (χ1) is 10.1. The molecule has 0 unspecified atom stereocenters. The molecule has 2 aromatic heterocycles. The summed E-state index contributed by atoms with van der Waals surface area (Å²) in [6, 6.07) is 7.30. The predicted octanol–water partition coefficient (Wildman–Crippen LogP) is 4.79. The van der Waals surface area contributed by atoms with E-state index in [9.17, 15) is 4.39 Å². The van der Waals surface area contributed by atoms with Crippen LogP contribution in [-0.2, 0) is 0 Å². The van der Waals surface area contributed by atoms with E-state index in [1.165, 1.54) is 11.3 Å². The summed E-state index contributed by atoms with van der Waals surface area (Å²) in [4.78, 5) is 11.7. The second-order valence-electron chi connectivity index (χ2n) is 4.01. The van der Waals surface area contributed by atoms with Crippen LogP contribution < -0.4 is 5.32 Å². The molecule has 0 saturated heterocycles. The molecule has 0 saturated carbocycles. The van der Waals surface area contributed by atoms with Gasteiger partial charge in [0, 0.05) is 16.0 Å². The molecule has 0 spiro atoms. The van der Waals surface area contributed by atoms with Crippen molar-refractivity contribution in [3.05, 3.63) is 52.0 Å². The number of hydrogen-bond acceptors (Lipinski definition) is 5. The number of nitrogens with zero attached hydrogens (tertiary/aromatic N) is 3. The van der Waals surface area contributed by atoms with Crippen molar-refractivity contribution in [2.24, 2.45) is 0 Å². The van der Waals surface area contributed by atoms with Crippen LogP contribution in [0.3, 0.4) is 0 Å². The highest BCUT2D eigenvalue weighted by molar-refractivity contribution is 7.14. The highest BCUT2D eigenvalue weighted by Crippen LogP contribution is 2.28. The lowest BCUT2D eigenvalue weighted by molar-refractivity contribution is 0.619. The Bertz CT molecular complexity index is 776. The zero-order valence-corrected chi connectivity index (χ0v) is 12.7. The molecule has 3 aromatic rings. The van der Waals surface area contributed by atoms with E-state index in [1.54, 1.807) is 12.1 Å². The zero-order valence-electron chi connectivity index (χ0n) is 10.3. The molecular weight excluding hydrogens is 334 g/mol. The summed E-state index contributed by atoms with van der Waals surface area (Å²) in [5.74, 6) is -0.602. The van der Waals surface area contributed by atoms with Gasteiger partial charge in [0.2, 0.25) is 5.28 Å². The molecule has 0 aliphatic heterocycles. The fourth-order valence-corrected chi connectivity index (χ4v) is 2.60. The largest absolute Gasteiger partial charge is 0.314 e. The molecule has 8 heteroatoms. The smallest absolute Gasteiger partial charge is 0.224 e. The first-order valence-electron chi connectivity index (χ1n) is 5.78. The highest BCUT2D eigenvalue weighted by atomic mass is 35.5. The van der Waals surface area contributed by atoms with Gasteiger partial charge in [-0.25, -0.2) is 14.4 Å². The van der Waals surface area contributed by atoms with Crippen LogP contribution in [0.1, 0.15) is 0 Å². The minimum absolute atomic E-state index is 0.00740. The lowest BCUT2D eigenvalue weighted by Crippen LogP contribution is -1.98. The molecule has 0 fully saturated rings. The van der Waals surface area contributed by atoms with Gasteiger partial charge in [0.05, 0.1) is 11.9 Å². The maximum Gasteiger partial charge on any atom is 0.224 e. The number of benzene rings is 1. The maximum absolute atomic E-state index is 13.5. The summed E-state index contributed by atoms with van der Waals surface area (Å²) in [5.41, 5.74) is 1.68. The van der Waals surface area contributed by atoms with E-state index >= 15 is 0 Å². The minimum atomic E-state index is -0.595. The Morgan fingerprint density at radius 3 is 2.62 bits per heavy atom. The molecule has 2 heterocycles. The average molecular weight is 341 g/mol. The Kier molecular flexibility index (Phi) is 4.01. The molecule has 3 rings (SSSR count). The first kappa shape index (κ1) is 14.2. The van der Waals surface area contributed by atoms with E-state index in [1.807, 2.05) is 17.5 Å². The van der Waals surface area contributed by atoms with Gasteiger partial charge >= 0.3 is 0 Å². The molecule has 4 nitrogen and oxygen atoms in total. The lowest BCUT2D eigenvalue weighted by atomic mass is 10.2. The Morgan fingerprint density at radius 1 is 1.10 bits per heavy atom. The molecule has 0 aliphatic carbocycles. The van der Waals surface area contributed by atoms with Gasteiger partial charge in [0.1, 0.15) is 0 Å². The SMILES string of the molecule is Fc1cnc(Cl)nc1Nc1nc(-c2ccc(Cl)cc2)cs1. The molecule has 0 amide bonds.